The maximum absolute atomic E-state index is 10.7. The van der Waals surface area contributed by atoms with Crippen LogP contribution >= 0.6 is 0 Å². The van der Waals surface area contributed by atoms with E-state index < -0.39 is 5.97 Å². The Bertz CT molecular complexity index is 440. The molecule has 1 saturated carbocycles. The van der Waals surface area contributed by atoms with E-state index in [0.29, 0.717) is 12.1 Å². The summed E-state index contributed by atoms with van der Waals surface area (Å²) in [4.78, 5) is 12.9. The molecule has 0 spiro atoms. The third-order valence-corrected chi connectivity index (χ3v) is 2.94. The summed E-state index contributed by atoms with van der Waals surface area (Å²) in [5, 5.41) is 8.83. The van der Waals surface area contributed by atoms with Gasteiger partial charge in [-0.1, -0.05) is 5.92 Å². The fourth-order valence-corrected chi connectivity index (χ4v) is 1.80. The lowest BCUT2D eigenvalue weighted by Crippen LogP contribution is -2.25. The summed E-state index contributed by atoms with van der Waals surface area (Å²) in [6.45, 7) is 1.54. The van der Waals surface area contributed by atoms with Gasteiger partial charge in [-0.2, -0.15) is 0 Å². The van der Waals surface area contributed by atoms with Crippen molar-refractivity contribution >= 4 is 11.7 Å². The zero-order chi connectivity index (χ0) is 12.3. The maximum atomic E-state index is 10.7. The molecular weight excluding hydrogens is 214 g/mol. The van der Waals surface area contributed by atoms with Crippen molar-refractivity contribution in [1.29, 1.82) is 0 Å². The zero-order valence-electron chi connectivity index (χ0n) is 9.60. The number of hydrogen-bond donors (Lipinski definition) is 1. The van der Waals surface area contributed by atoms with E-state index in [1.807, 2.05) is 12.1 Å². The summed E-state index contributed by atoms with van der Waals surface area (Å²) in [6, 6.07) is 6.88. The first-order valence-electron chi connectivity index (χ1n) is 5.72. The van der Waals surface area contributed by atoms with E-state index in [1.165, 1.54) is 12.8 Å². The Kier molecular flexibility index (Phi) is 3.34. The number of benzene rings is 1. The predicted octanol–water partition coefficient (Wildman–Crippen LogP) is 2.23. The molecule has 0 atom stereocenters. The van der Waals surface area contributed by atoms with Crippen LogP contribution in [0.1, 0.15) is 23.2 Å². The first kappa shape index (κ1) is 11.5. The first-order chi connectivity index (χ1) is 8.20. The van der Waals surface area contributed by atoms with E-state index in [4.69, 9.17) is 11.5 Å². The standard InChI is InChI=1S/C14H15NO2/c1-2-9-15(10-11-3-4-11)13-7-5-12(6-8-13)14(16)17/h1,5-8,11H,3-4,9-10H2,(H,16,17). The second kappa shape index (κ2) is 4.92. The van der Waals surface area contributed by atoms with Crippen molar-refractivity contribution < 1.29 is 9.90 Å². The Labute approximate surface area is 101 Å². The summed E-state index contributed by atoms with van der Waals surface area (Å²) in [5.74, 6) is 2.50. The Hall–Kier alpha value is -1.95. The Balaban J connectivity index is 2.11. The molecule has 0 aliphatic heterocycles. The number of aromatic carboxylic acids is 1. The minimum Gasteiger partial charge on any atom is -0.478 e. The number of carbonyl (C=O) groups is 1. The molecule has 1 fully saturated rings. The molecule has 1 N–H and O–H groups in total. The van der Waals surface area contributed by atoms with Crippen LogP contribution in [-0.4, -0.2) is 24.2 Å². The second-order valence-corrected chi connectivity index (χ2v) is 4.38. The van der Waals surface area contributed by atoms with Crippen LogP contribution in [0, 0.1) is 18.3 Å². The van der Waals surface area contributed by atoms with Gasteiger partial charge in [0.1, 0.15) is 0 Å². The van der Waals surface area contributed by atoms with Gasteiger partial charge in [-0.3, -0.25) is 0 Å². The van der Waals surface area contributed by atoms with E-state index in [1.54, 1.807) is 12.1 Å². The molecule has 0 amide bonds. The molecule has 1 aromatic carbocycles. The van der Waals surface area contributed by atoms with E-state index in [9.17, 15) is 4.79 Å². The van der Waals surface area contributed by atoms with E-state index >= 15 is 0 Å². The van der Waals surface area contributed by atoms with Gasteiger partial charge < -0.3 is 10.0 Å². The molecule has 0 saturated heterocycles. The van der Waals surface area contributed by atoms with Gasteiger partial charge in [0, 0.05) is 12.2 Å². The van der Waals surface area contributed by atoms with Crippen LogP contribution in [0.15, 0.2) is 24.3 Å². The summed E-state index contributed by atoms with van der Waals surface area (Å²) >= 11 is 0. The Morgan fingerprint density at radius 2 is 2.06 bits per heavy atom. The van der Waals surface area contributed by atoms with Crippen LogP contribution < -0.4 is 4.90 Å². The van der Waals surface area contributed by atoms with Crippen LogP contribution in [0.2, 0.25) is 0 Å². The van der Waals surface area contributed by atoms with Gasteiger partial charge in [0.2, 0.25) is 0 Å². The van der Waals surface area contributed by atoms with Crippen molar-refractivity contribution in [1.82, 2.24) is 0 Å². The summed E-state index contributed by atoms with van der Waals surface area (Å²) in [6.07, 6.45) is 7.90. The van der Waals surface area contributed by atoms with Crippen molar-refractivity contribution in [2.45, 2.75) is 12.8 Å². The largest absolute Gasteiger partial charge is 0.478 e. The smallest absolute Gasteiger partial charge is 0.335 e. The Morgan fingerprint density at radius 3 is 2.53 bits per heavy atom. The van der Waals surface area contributed by atoms with Gasteiger partial charge in [-0.15, -0.1) is 6.42 Å². The number of nitrogens with zero attached hydrogens (tertiary/aromatic N) is 1. The highest BCUT2D eigenvalue weighted by Crippen LogP contribution is 2.31. The highest BCUT2D eigenvalue weighted by Gasteiger charge is 2.24. The normalized spacial score (nSPS) is 14.1. The van der Waals surface area contributed by atoms with E-state index in [-0.39, 0.29) is 0 Å². The predicted molar refractivity (Wildman–Crippen MR) is 67.2 cm³/mol. The molecule has 1 aliphatic carbocycles. The van der Waals surface area contributed by atoms with Crippen molar-refractivity contribution in [2.24, 2.45) is 5.92 Å². The van der Waals surface area contributed by atoms with Crippen LogP contribution in [0.5, 0.6) is 0 Å². The molecule has 88 valence electrons. The van der Waals surface area contributed by atoms with Crippen LogP contribution in [0.25, 0.3) is 0 Å². The molecule has 1 aliphatic rings. The lowest BCUT2D eigenvalue weighted by atomic mass is 10.2. The van der Waals surface area contributed by atoms with Crippen molar-refractivity contribution in [2.75, 3.05) is 18.0 Å². The molecule has 3 heteroatoms. The van der Waals surface area contributed by atoms with E-state index in [0.717, 1.165) is 18.2 Å². The SMILES string of the molecule is C#CCN(CC1CC1)c1ccc(C(=O)O)cc1. The highest BCUT2D eigenvalue weighted by molar-refractivity contribution is 5.88. The third kappa shape index (κ3) is 3.01. The molecule has 0 bridgehead atoms. The number of hydrogen-bond acceptors (Lipinski definition) is 2. The fourth-order valence-electron chi connectivity index (χ4n) is 1.80. The van der Waals surface area contributed by atoms with Gasteiger partial charge in [-0.05, 0) is 43.0 Å². The minimum absolute atomic E-state index is 0.306. The molecule has 0 aromatic heterocycles. The first-order valence-corrected chi connectivity index (χ1v) is 5.72. The average molecular weight is 229 g/mol. The van der Waals surface area contributed by atoms with Crippen molar-refractivity contribution in [3.05, 3.63) is 29.8 Å². The third-order valence-electron chi connectivity index (χ3n) is 2.94. The summed E-state index contributed by atoms with van der Waals surface area (Å²) < 4.78 is 0. The number of rotatable bonds is 5. The van der Waals surface area contributed by atoms with Gasteiger partial charge >= 0.3 is 5.97 Å². The fraction of sp³-hybridized carbons (Fsp3) is 0.357. The van der Waals surface area contributed by atoms with Crippen molar-refractivity contribution in [3.8, 4) is 12.3 Å². The maximum Gasteiger partial charge on any atom is 0.335 e. The average Bonchev–Trinajstić information content (AvgIpc) is 3.13. The molecule has 1 aromatic rings. The summed E-state index contributed by atoms with van der Waals surface area (Å²) in [5.41, 5.74) is 1.31. The molecule has 0 unspecified atom stereocenters. The number of carboxylic acid groups (broad SMARTS) is 1. The minimum atomic E-state index is -0.901. The topological polar surface area (TPSA) is 40.5 Å². The van der Waals surface area contributed by atoms with E-state index in [2.05, 4.69) is 10.8 Å². The lowest BCUT2D eigenvalue weighted by Gasteiger charge is -2.22. The summed E-state index contributed by atoms with van der Waals surface area (Å²) in [7, 11) is 0. The zero-order valence-corrected chi connectivity index (χ0v) is 9.60. The molecule has 3 nitrogen and oxygen atoms in total. The monoisotopic (exact) mass is 229 g/mol. The van der Waals surface area contributed by atoms with Crippen LogP contribution in [0.3, 0.4) is 0 Å². The van der Waals surface area contributed by atoms with Gasteiger partial charge in [-0.25, -0.2) is 4.79 Å². The lowest BCUT2D eigenvalue weighted by molar-refractivity contribution is 0.0697. The Morgan fingerprint density at radius 1 is 1.41 bits per heavy atom. The molecule has 0 heterocycles. The second-order valence-electron chi connectivity index (χ2n) is 4.38. The van der Waals surface area contributed by atoms with Crippen LogP contribution in [0.4, 0.5) is 5.69 Å². The molecule has 17 heavy (non-hydrogen) atoms. The van der Waals surface area contributed by atoms with Gasteiger partial charge in [0.25, 0.3) is 0 Å². The molecule has 2 rings (SSSR count). The quantitative estimate of drug-likeness (QED) is 0.787. The number of carboxylic acids is 1. The van der Waals surface area contributed by atoms with Crippen molar-refractivity contribution in [3.63, 3.8) is 0 Å². The van der Waals surface area contributed by atoms with Crippen LogP contribution in [-0.2, 0) is 0 Å². The number of terminal acetylenes is 1. The van der Waals surface area contributed by atoms with Gasteiger partial charge in [0.05, 0.1) is 12.1 Å². The molecule has 0 radical (unpaired) electrons. The number of anilines is 1. The molecular formula is C14H15NO2. The highest BCUT2D eigenvalue weighted by atomic mass is 16.4. The van der Waals surface area contributed by atoms with Gasteiger partial charge in [0.15, 0.2) is 0 Å².